The number of benzene rings is 2. The number of nitro benzene ring substituents is 1. The Morgan fingerprint density at radius 3 is 2.68 bits per heavy atom. The quantitative estimate of drug-likeness (QED) is 0.611. The van der Waals surface area contributed by atoms with Crippen LogP contribution in [0.5, 0.6) is 0 Å². The van der Waals surface area contributed by atoms with Gasteiger partial charge in [-0.05, 0) is 55.5 Å². The number of nitrogens with two attached hydrogens (primary N) is 1. The van der Waals surface area contributed by atoms with Gasteiger partial charge < -0.3 is 16.0 Å². The number of amides is 2. The Morgan fingerprint density at radius 1 is 1.21 bits per heavy atom. The van der Waals surface area contributed by atoms with Crippen LogP contribution in [0.15, 0.2) is 36.4 Å². The summed E-state index contributed by atoms with van der Waals surface area (Å²) in [5.41, 5.74) is 7.81. The molecule has 2 aliphatic rings. The van der Waals surface area contributed by atoms with Gasteiger partial charge in [-0.1, -0.05) is 6.07 Å². The molecule has 0 bridgehead atoms. The third-order valence-electron chi connectivity index (χ3n) is 5.14. The second kappa shape index (κ2) is 6.95. The Hall–Kier alpha value is -3.42. The van der Waals surface area contributed by atoms with Crippen LogP contribution in [0, 0.1) is 10.1 Å². The van der Waals surface area contributed by atoms with E-state index in [0.717, 1.165) is 18.4 Å². The van der Waals surface area contributed by atoms with E-state index in [1.54, 1.807) is 35.2 Å². The second-order valence-electron chi connectivity index (χ2n) is 7.14. The molecule has 0 atom stereocenters. The Balaban J connectivity index is 1.69. The van der Waals surface area contributed by atoms with Crippen LogP contribution in [0.3, 0.4) is 0 Å². The van der Waals surface area contributed by atoms with Gasteiger partial charge in [0.1, 0.15) is 5.69 Å². The van der Waals surface area contributed by atoms with E-state index in [-0.39, 0.29) is 23.2 Å². The number of fused-ring (bicyclic) bond motifs is 1. The number of anilines is 2. The zero-order valence-electron chi connectivity index (χ0n) is 15.2. The van der Waals surface area contributed by atoms with Crippen molar-refractivity contribution >= 4 is 28.9 Å². The number of primary amides is 1. The van der Waals surface area contributed by atoms with Crippen molar-refractivity contribution in [3.8, 4) is 0 Å². The third-order valence-corrected chi connectivity index (χ3v) is 5.14. The fourth-order valence-corrected chi connectivity index (χ4v) is 3.61. The largest absolute Gasteiger partial charge is 0.377 e. The van der Waals surface area contributed by atoms with Crippen LogP contribution >= 0.6 is 0 Å². The van der Waals surface area contributed by atoms with Crippen molar-refractivity contribution in [2.24, 2.45) is 5.73 Å². The van der Waals surface area contributed by atoms with E-state index in [0.29, 0.717) is 36.3 Å². The van der Waals surface area contributed by atoms with Crippen LogP contribution in [0.1, 0.15) is 45.5 Å². The van der Waals surface area contributed by atoms with Gasteiger partial charge >= 0.3 is 0 Å². The summed E-state index contributed by atoms with van der Waals surface area (Å²) in [5, 5.41) is 14.6. The highest BCUT2D eigenvalue weighted by Gasteiger charge is 2.29. The van der Waals surface area contributed by atoms with E-state index in [2.05, 4.69) is 5.32 Å². The van der Waals surface area contributed by atoms with Crippen LogP contribution in [0.2, 0.25) is 0 Å². The first-order valence-corrected chi connectivity index (χ1v) is 9.24. The molecule has 0 aromatic heterocycles. The summed E-state index contributed by atoms with van der Waals surface area (Å²) in [6.07, 6.45) is 3.32. The topological polar surface area (TPSA) is 119 Å². The average molecular weight is 380 g/mol. The van der Waals surface area contributed by atoms with Crippen molar-refractivity contribution in [2.45, 2.75) is 31.7 Å². The number of nitrogens with one attached hydrogen (secondary N) is 1. The van der Waals surface area contributed by atoms with Gasteiger partial charge in [-0.2, -0.15) is 0 Å². The molecule has 3 N–H and O–H groups in total. The van der Waals surface area contributed by atoms with Gasteiger partial charge in [0.15, 0.2) is 0 Å². The Morgan fingerprint density at radius 2 is 2.00 bits per heavy atom. The van der Waals surface area contributed by atoms with Gasteiger partial charge in [-0.15, -0.1) is 0 Å². The minimum atomic E-state index is -0.530. The number of nitrogens with zero attached hydrogens (tertiary/aromatic N) is 2. The fourth-order valence-electron chi connectivity index (χ4n) is 3.61. The van der Waals surface area contributed by atoms with E-state index in [1.807, 2.05) is 0 Å². The third kappa shape index (κ3) is 3.28. The Bertz CT molecular complexity index is 984. The molecule has 8 nitrogen and oxygen atoms in total. The molecule has 0 unspecified atom stereocenters. The first kappa shape index (κ1) is 18.0. The van der Waals surface area contributed by atoms with Gasteiger partial charge in [0, 0.05) is 35.5 Å². The highest BCUT2D eigenvalue weighted by Crippen LogP contribution is 2.34. The molecule has 2 amide bonds. The minimum absolute atomic E-state index is 0.110. The highest BCUT2D eigenvalue weighted by atomic mass is 16.6. The first-order valence-electron chi connectivity index (χ1n) is 9.24. The van der Waals surface area contributed by atoms with E-state index in [9.17, 15) is 19.7 Å². The van der Waals surface area contributed by atoms with Crippen molar-refractivity contribution in [1.82, 2.24) is 0 Å². The number of rotatable bonds is 5. The monoisotopic (exact) mass is 380 g/mol. The molecule has 28 heavy (non-hydrogen) atoms. The number of carbonyl (C=O) groups excluding carboxylic acids is 2. The molecule has 1 aliphatic carbocycles. The molecule has 2 aromatic carbocycles. The summed E-state index contributed by atoms with van der Waals surface area (Å²) >= 11 is 0. The summed E-state index contributed by atoms with van der Waals surface area (Å²) < 4.78 is 0. The van der Waals surface area contributed by atoms with Gasteiger partial charge in [0.25, 0.3) is 11.6 Å². The van der Waals surface area contributed by atoms with Crippen LogP contribution in [-0.2, 0) is 6.42 Å². The number of carbonyl (C=O) groups is 2. The van der Waals surface area contributed by atoms with Crippen molar-refractivity contribution in [1.29, 1.82) is 0 Å². The van der Waals surface area contributed by atoms with Crippen molar-refractivity contribution in [3.63, 3.8) is 0 Å². The molecule has 8 heteroatoms. The van der Waals surface area contributed by atoms with Gasteiger partial charge in [0.2, 0.25) is 5.91 Å². The van der Waals surface area contributed by atoms with Crippen molar-refractivity contribution < 1.29 is 14.5 Å². The lowest BCUT2D eigenvalue weighted by Crippen LogP contribution is -2.36. The molecule has 0 saturated heterocycles. The summed E-state index contributed by atoms with van der Waals surface area (Å²) in [6.45, 7) is 0.476. The van der Waals surface area contributed by atoms with Gasteiger partial charge in [0.05, 0.1) is 4.92 Å². The average Bonchev–Trinajstić information content (AvgIpc) is 3.50. The van der Waals surface area contributed by atoms with Crippen LogP contribution in [0.4, 0.5) is 17.1 Å². The van der Waals surface area contributed by atoms with Crippen molar-refractivity contribution in [3.05, 3.63) is 63.2 Å². The van der Waals surface area contributed by atoms with Crippen LogP contribution in [0.25, 0.3) is 0 Å². The lowest BCUT2D eigenvalue weighted by molar-refractivity contribution is -0.384. The number of hydrogen-bond donors (Lipinski definition) is 2. The lowest BCUT2D eigenvalue weighted by Gasteiger charge is -2.30. The fraction of sp³-hybridized carbons (Fsp3) is 0.300. The smallest absolute Gasteiger partial charge is 0.293 e. The maximum atomic E-state index is 13.1. The van der Waals surface area contributed by atoms with E-state index < -0.39 is 10.8 Å². The summed E-state index contributed by atoms with van der Waals surface area (Å²) in [4.78, 5) is 37.4. The van der Waals surface area contributed by atoms with Crippen LogP contribution in [-0.4, -0.2) is 29.3 Å². The van der Waals surface area contributed by atoms with Crippen molar-refractivity contribution in [2.75, 3.05) is 16.8 Å². The Kier molecular flexibility index (Phi) is 4.46. The Labute approximate surface area is 161 Å². The summed E-state index contributed by atoms with van der Waals surface area (Å²) in [5.74, 6) is -0.860. The molecule has 1 fully saturated rings. The molecule has 2 aromatic rings. The first-order chi connectivity index (χ1) is 13.5. The van der Waals surface area contributed by atoms with Crippen LogP contribution < -0.4 is 16.0 Å². The number of hydrogen-bond acceptors (Lipinski definition) is 5. The van der Waals surface area contributed by atoms with E-state index in [4.69, 9.17) is 5.73 Å². The molecule has 0 radical (unpaired) electrons. The zero-order valence-corrected chi connectivity index (χ0v) is 15.2. The lowest BCUT2D eigenvalue weighted by atomic mass is 9.95. The second-order valence-corrected chi connectivity index (χ2v) is 7.14. The van der Waals surface area contributed by atoms with E-state index in [1.165, 1.54) is 6.07 Å². The maximum Gasteiger partial charge on any atom is 0.293 e. The maximum absolute atomic E-state index is 13.1. The van der Waals surface area contributed by atoms with Gasteiger partial charge in [-0.25, -0.2) is 0 Å². The predicted octanol–water partition coefficient (Wildman–Crippen LogP) is 2.86. The molecule has 1 aliphatic heterocycles. The molecule has 1 saturated carbocycles. The zero-order chi connectivity index (χ0) is 19.8. The highest BCUT2D eigenvalue weighted by molar-refractivity contribution is 6.08. The molecule has 144 valence electrons. The number of nitro groups is 1. The normalized spacial score (nSPS) is 15.6. The van der Waals surface area contributed by atoms with Gasteiger partial charge in [-0.3, -0.25) is 19.7 Å². The van der Waals surface area contributed by atoms with E-state index >= 15 is 0 Å². The molecular formula is C20H20N4O4. The SMILES string of the molecule is NC(=O)c1cccc2c1CCCN2C(=O)c1ccc(NC2CC2)c([N+](=O)[O-])c1. The molecule has 4 rings (SSSR count). The predicted molar refractivity (Wildman–Crippen MR) is 105 cm³/mol. The molecule has 1 heterocycles. The molecular weight excluding hydrogens is 360 g/mol. The standard InChI is InChI=1S/C20H20N4O4/c21-19(25)15-3-1-5-17-14(15)4-2-10-23(17)20(26)12-6-9-16(22-13-7-8-13)18(11-12)24(27)28/h1,3,5-6,9,11,13,22H,2,4,7-8,10H2,(H2,21,25). The summed E-state index contributed by atoms with van der Waals surface area (Å²) in [7, 11) is 0. The molecule has 0 spiro atoms. The minimum Gasteiger partial charge on any atom is -0.377 e. The summed E-state index contributed by atoms with van der Waals surface area (Å²) in [6, 6.07) is 9.89.